The molecule has 10 nitrogen and oxygen atoms in total. The summed E-state index contributed by atoms with van der Waals surface area (Å²) in [6.07, 6.45) is 6.53. The van der Waals surface area contributed by atoms with Gasteiger partial charge in [0.25, 0.3) is 0 Å². The van der Waals surface area contributed by atoms with Gasteiger partial charge in [0.15, 0.2) is 0 Å². The summed E-state index contributed by atoms with van der Waals surface area (Å²) in [5, 5.41) is 11.9. The summed E-state index contributed by atoms with van der Waals surface area (Å²) in [6.45, 7) is 7.56. The molecule has 35 heavy (non-hydrogen) atoms. The van der Waals surface area contributed by atoms with E-state index in [1.54, 1.807) is 6.07 Å². The second kappa shape index (κ2) is 13.8. The second-order valence-corrected chi connectivity index (χ2v) is 22.2. The van der Waals surface area contributed by atoms with Crippen LogP contribution in [0.5, 0.6) is 0 Å². The fraction of sp³-hybridized carbons (Fsp3) is 0.667. The Labute approximate surface area is 211 Å². The molecule has 0 bridgehead atoms. The number of hydrogen-bond donors (Lipinski definition) is 1. The zero-order valence-corrected chi connectivity index (χ0v) is 23.9. The number of carbonyl (C=O) groups is 2. The van der Waals surface area contributed by atoms with Crippen LogP contribution in [0.15, 0.2) is 12.1 Å². The Morgan fingerprint density at radius 3 is 1.83 bits per heavy atom. The van der Waals surface area contributed by atoms with Crippen LogP contribution in [0.3, 0.4) is 0 Å². The van der Waals surface area contributed by atoms with Gasteiger partial charge in [0.05, 0.1) is 0 Å². The third kappa shape index (κ3) is 7.07. The number of benzene rings is 1. The first-order valence-corrected chi connectivity index (χ1v) is 20.2. The molecular weight excluding hydrogens is 563 g/mol. The molecule has 0 unspecified atom stereocenters. The Balaban J connectivity index is 2.16. The van der Waals surface area contributed by atoms with Crippen LogP contribution >= 0.6 is 0 Å². The van der Waals surface area contributed by atoms with Crippen LogP contribution in [0.1, 0.15) is 80.0 Å². The first-order valence-electron chi connectivity index (χ1n) is 12.7. The van der Waals surface area contributed by atoms with Gasteiger partial charge in [0.2, 0.25) is 0 Å². The molecule has 1 N–H and O–H groups in total. The Morgan fingerprint density at radius 1 is 0.857 bits per heavy atom. The number of rotatable bonds is 14. The predicted octanol–water partition coefficient (Wildman–Crippen LogP) is 4.37. The Bertz CT molecular complexity index is 834. The molecule has 2 fully saturated rings. The number of carboxylic acids is 1. The minimum absolute atomic E-state index is 0.0230. The van der Waals surface area contributed by atoms with E-state index < -0.39 is 30.3 Å². The number of aromatic carboxylic acids is 1. The summed E-state index contributed by atoms with van der Waals surface area (Å²) in [7, 11) is 0. The molecule has 196 valence electrons. The molecule has 2 saturated heterocycles. The Morgan fingerprint density at radius 2 is 1.34 bits per heavy atom. The summed E-state index contributed by atoms with van der Waals surface area (Å²) < 4.78 is 4.39. The van der Waals surface area contributed by atoms with Crippen LogP contribution in [0.2, 0.25) is 13.3 Å². The quantitative estimate of drug-likeness (QED) is 0.309. The average molecular weight is 601 g/mol. The van der Waals surface area contributed by atoms with Gasteiger partial charge in [-0.1, -0.05) is 0 Å². The topological polar surface area (TPSA) is 107 Å². The van der Waals surface area contributed by atoms with Crippen LogP contribution in [0.25, 0.3) is 0 Å². The molecule has 2 aliphatic heterocycles. The molecule has 3 rings (SSSR count). The van der Waals surface area contributed by atoms with Gasteiger partial charge in [-0.15, -0.1) is 0 Å². The van der Waals surface area contributed by atoms with E-state index in [1.807, 2.05) is 6.07 Å². The van der Waals surface area contributed by atoms with E-state index >= 15 is 0 Å². The van der Waals surface area contributed by atoms with Crippen molar-refractivity contribution < 1.29 is 38.9 Å². The number of carboxylic acid groups (broad SMARTS) is 1. The molecule has 2 heterocycles. The van der Waals surface area contributed by atoms with Crippen molar-refractivity contribution in [2.24, 2.45) is 0 Å². The molecule has 0 saturated carbocycles. The van der Waals surface area contributed by atoms with Crippen molar-refractivity contribution in [3.63, 3.8) is 0 Å². The SMILES string of the molecule is CCC[CH2][Sn]([CH2]CCC)([CH2]CCC)[c]1cc(C(=O)O)c(N2OCCO2)c(C(=O)ON2OCCO2)c1. The molecule has 11 heteroatoms. The van der Waals surface area contributed by atoms with E-state index in [1.165, 1.54) is 0 Å². The second-order valence-electron chi connectivity index (χ2n) is 9.01. The average Bonchev–Trinajstić information content (AvgIpc) is 3.57. The summed E-state index contributed by atoms with van der Waals surface area (Å²) in [5.74, 6) is -1.93. The molecule has 0 radical (unpaired) electrons. The normalized spacial score (nSPS) is 16.7. The fourth-order valence-corrected chi connectivity index (χ4v) is 20.7. The van der Waals surface area contributed by atoms with Gasteiger partial charge < -0.3 is 0 Å². The van der Waals surface area contributed by atoms with E-state index in [0.29, 0.717) is 5.39 Å². The Kier molecular flexibility index (Phi) is 11.1. The zero-order valence-electron chi connectivity index (χ0n) is 21.0. The van der Waals surface area contributed by atoms with Crippen molar-refractivity contribution in [3.05, 3.63) is 23.3 Å². The van der Waals surface area contributed by atoms with E-state index in [2.05, 4.69) is 20.8 Å². The molecular formula is C24H38N2O8Sn. The monoisotopic (exact) mass is 602 g/mol. The van der Waals surface area contributed by atoms with Gasteiger partial charge in [-0.05, 0) is 0 Å². The van der Waals surface area contributed by atoms with E-state index in [9.17, 15) is 14.7 Å². The molecule has 0 spiro atoms. The summed E-state index contributed by atoms with van der Waals surface area (Å²) in [4.78, 5) is 52.4. The van der Waals surface area contributed by atoms with Crippen LogP contribution in [0, 0.1) is 0 Å². The third-order valence-corrected chi connectivity index (χ3v) is 22.1. The number of unbranched alkanes of at least 4 members (excludes halogenated alkanes) is 3. The number of nitrogens with zero attached hydrogens (tertiary/aromatic N) is 2. The van der Waals surface area contributed by atoms with Crippen molar-refractivity contribution in [2.75, 3.05) is 31.7 Å². The summed E-state index contributed by atoms with van der Waals surface area (Å²) in [5.41, 5.74) is 0.0845. The van der Waals surface area contributed by atoms with Crippen LogP contribution in [-0.2, 0) is 24.2 Å². The van der Waals surface area contributed by atoms with Gasteiger partial charge in [-0.3, -0.25) is 0 Å². The molecule has 0 amide bonds. The zero-order chi connectivity index (χ0) is 25.3. The first kappa shape index (κ1) is 28.1. The van der Waals surface area contributed by atoms with Gasteiger partial charge in [-0.25, -0.2) is 0 Å². The van der Waals surface area contributed by atoms with Crippen LogP contribution in [-0.4, -0.2) is 67.2 Å². The Hall–Kier alpha value is -1.44. The molecule has 0 aliphatic carbocycles. The van der Waals surface area contributed by atoms with E-state index in [0.717, 1.165) is 60.6 Å². The summed E-state index contributed by atoms with van der Waals surface area (Å²) >= 11 is -3.11. The fourth-order valence-electron chi connectivity index (χ4n) is 4.65. The van der Waals surface area contributed by atoms with Crippen LogP contribution in [0.4, 0.5) is 5.69 Å². The van der Waals surface area contributed by atoms with Crippen molar-refractivity contribution in [3.8, 4) is 0 Å². The predicted molar refractivity (Wildman–Crippen MR) is 131 cm³/mol. The maximum absolute atomic E-state index is 13.3. The van der Waals surface area contributed by atoms with E-state index in [4.69, 9.17) is 24.2 Å². The van der Waals surface area contributed by atoms with Crippen molar-refractivity contribution in [1.82, 2.24) is 5.39 Å². The standard InChI is InChI=1S/C12H11N2O8.3C4H9.Sn/c15-11(16)8-2-1-3-9(10(8)13-18-4-5-19-13)12(17)22-14-20-6-7-21-14;3*1-3-4-2;/h2-3H,4-7H2,(H,15,16);3*1,3-4H2,2H3;. The first-order chi connectivity index (χ1) is 17.0. The molecule has 2 aliphatic rings. The van der Waals surface area contributed by atoms with Gasteiger partial charge in [0.1, 0.15) is 0 Å². The van der Waals surface area contributed by atoms with Crippen LogP contribution < -0.4 is 8.81 Å². The van der Waals surface area contributed by atoms with Crippen molar-refractivity contribution in [1.29, 1.82) is 0 Å². The van der Waals surface area contributed by atoms with Gasteiger partial charge in [0, 0.05) is 0 Å². The molecule has 1 aromatic carbocycles. The summed E-state index contributed by atoms with van der Waals surface area (Å²) in [6, 6.07) is 3.61. The molecule has 0 aromatic heterocycles. The van der Waals surface area contributed by atoms with Crippen molar-refractivity contribution in [2.45, 2.75) is 72.6 Å². The maximum atomic E-state index is 13.3. The third-order valence-electron chi connectivity index (χ3n) is 6.52. The van der Waals surface area contributed by atoms with E-state index in [-0.39, 0.29) is 43.2 Å². The number of anilines is 1. The molecule has 1 aromatic rings. The minimum atomic E-state index is -3.11. The van der Waals surface area contributed by atoms with Crippen molar-refractivity contribution >= 4 is 39.6 Å². The van der Waals surface area contributed by atoms with Gasteiger partial charge >= 0.3 is 211 Å². The number of hydrogen-bond acceptors (Lipinski definition) is 9. The van der Waals surface area contributed by atoms with Gasteiger partial charge in [-0.2, -0.15) is 0 Å². The number of carbonyl (C=O) groups excluding carboxylic acids is 1. The molecule has 0 atom stereocenters.